The lowest BCUT2D eigenvalue weighted by Crippen LogP contribution is -2.43. The van der Waals surface area contributed by atoms with Crippen LogP contribution in [-0.4, -0.2) is 86.8 Å². The predicted molar refractivity (Wildman–Crippen MR) is 170 cm³/mol. The van der Waals surface area contributed by atoms with Crippen LogP contribution in [0.5, 0.6) is 0 Å². The molecule has 11 heteroatoms. The van der Waals surface area contributed by atoms with Crippen LogP contribution in [0, 0.1) is 11.8 Å². The number of hydrogen-bond donors (Lipinski definition) is 2. The van der Waals surface area contributed by atoms with E-state index in [0.717, 1.165) is 6.42 Å². The van der Waals surface area contributed by atoms with Crippen LogP contribution in [0.1, 0.15) is 47.0 Å². The summed E-state index contributed by atoms with van der Waals surface area (Å²) in [6.45, 7) is 12.8. The minimum absolute atomic E-state index is 0.0558. The largest absolute Gasteiger partial charge is 0.439 e. The fourth-order valence-corrected chi connectivity index (χ4v) is 5.88. The van der Waals surface area contributed by atoms with E-state index in [1.54, 1.807) is 38.3 Å². The van der Waals surface area contributed by atoms with Crippen molar-refractivity contribution in [3.05, 3.63) is 71.1 Å². The molecule has 0 unspecified atom stereocenters. The molecule has 0 aromatic carbocycles. The van der Waals surface area contributed by atoms with Gasteiger partial charge in [-0.05, 0) is 44.6 Å². The summed E-state index contributed by atoms with van der Waals surface area (Å²) in [5.41, 5.74) is 7.13. The zero-order valence-corrected chi connectivity index (χ0v) is 27.2. The zero-order valence-electron chi connectivity index (χ0n) is 27.2. The number of primary amides is 1. The summed E-state index contributed by atoms with van der Waals surface area (Å²) < 4.78 is 23.3. The second-order valence-electron chi connectivity index (χ2n) is 11.8. The fourth-order valence-electron chi connectivity index (χ4n) is 5.88. The maximum atomic E-state index is 13.8. The Morgan fingerprint density at radius 2 is 1.87 bits per heavy atom. The Morgan fingerprint density at radius 3 is 2.44 bits per heavy atom. The molecule has 0 aromatic heterocycles. The van der Waals surface area contributed by atoms with Gasteiger partial charge in [-0.1, -0.05) is 44.2 Å². The van der Waals surface area contributed by atoms with E-state index in [0.29, 0.717) is 42.8 Å². The number of rotatable bonds is 7. The van der Waals surface area contributed by atoms with Crippen molar-refractivity contribution in [2.45, 2.75) is 71.4 Å². The summed E-state index contributed by atoms with van der Waals surface area (Å²) in [7, 11) is 3.08. The van der Waals surface area contributed by atoms with Crippen molar-refractivity contribution in [2.24, 2.45) is 17.6 Å². The fraction of sp³-hybridized carbons (Fsp3) is 0.529. The van der Waals surface area contributed by atoms with Gasteiger partial charge in [-0.3, -0.25) is 14.4 Å². The topological polar surface area (TPSA) is 146 Å². The standard InChI is InChI=1S/C34H47N3O8/c1-8-15-44-31-22(4)18-23(5)32(45-34(35)41)27(42-6)12-9-11-21(3)33(40)36-25-19-26(38)29(37-13-10-14-37)24(30(25)39)16-20(2)17-28(31)43-7/h8-9,11-12,18-20,22,27-28,31-32H,1,10,13-17H2,2-7H3,(H2,35,41)(H,36,40)/b12-9-,21-11+,23-18+/t20-,22+,27+,28+,31-,32+/m1/s1. The van der Waals surface area contributed by atoms with Crippen LogP contribution in [0.25, 0.3) is 0 Å². The molecule has 0 aromatic rings. The Kier molecular flexibility index (Phi) is 13.1. The number of ketones is 2. The van der Waals surface area contributed by atoms with Crippen LogP contribution < -0.4 is 11.1 Å². The molecule has 3 aliphatic rings. The van der Waals surface area contributed by atoms with E-state index in [4.69, 9.17) is 24.7 Å². The van der Waals surface area contributed by atoms with E-state index >= 15 is 0 Å². The average molecular weight is 626 g/mol. The SMILES string of the molecule is C=CCO[C@H]1[C@@H](OC)C[C@H](C)CC2=C(N3CCC3)C(=O)C=C(NC(=O)/C(C)=C/C=C\[C@H](OC)[C@@H](OC(N)=O)/C(C)=C/[C@@H]1C)C2=O. The molecular formula is C34H47N3O8. The number of carbonyl (C=O) groups is 4. The van der Waals surface area contributed by atoms with Crippen molar-refractivity contribution in [1.29, 1.82) is 0 Å². The number of fused-ring (bicyclic) bond motifs is 2. The molecule has 2 bridgehead atoms. The number of allylic oxidation sites excluding steroid dienone is 4. The number of hydrogen-bond acceptors (Lipinski definition) is 9. The molecule has 3 rings (SSSR count). The third-order valence-electron chi connectivity index (χ3n) is 8.31. The van der Waals surface area contributed by atoms with Crippen LogP contribution in [0.4, 0.5) is 4.79 Å². The first-order valence-corrected chi connectivity index (χ1v) is 15.3. The molecular weight excluding hydrogens is 578 g/mol. The number of ether oxygens (including phenoxy) is 4. The zero-order chi connectivity index (χ0) is 33.3. The van der Waals surface area contributed by atoms with Gasteiger partial charge in [-0.25, -0.2) is 4.79 Å². The summed E-state index contributed by atoms with van der Waals surface area (Å²) in [6.07, 6.45) is 7.93. The number of likely N-dealkylation sites (tertiary alicyclic amines) is 1. The number of nitrogens with zero attached hydrogens (tertiary/aromatic N) is 1. The van der Waals surface area contributed by atoms with Gasteiger partial charge in [0.25, 0.3) is 5.91 Å². The maximum absolute atomic E-state index is 13.8. The van der Waals surface area contributed by atoms with Crippen molar-refractivity contribution in [3.8, 4) is 0 Å². The summed E-state index contributed by atoms with van der Waals surface area (Å²) in [5, 5.41) is 2.64. The van der Waals surface area contributed by atoms with E-state index in [9.17, 15) is 19.2 Å². The number of carbonyl (C=O) groups excluding carboxylic acids is 4. The highest BCUT2D eigenvalue weighted by atomic mass is 16.6. The van der Waals surface area contributed by atoms with E-state index in [1.807, 2.05) is 31.7 Å². The first-order chi connectivity index (χ1) is 21.4. The highest BCUT2D eigenvalue weighted by molar-refractivity contribution is 6.23. The van der Waals surface area contributed by atoms with Gasteiger partial charge in [0.05, 0.1) is 30.2 Å². The van der Waals surface area contributed by atoms with Gasteiger partial charge in [-0.15, -0.1) is 6.58 Å². The van der Waals surface area contributed by atoms with Gasteiger partial charge in [0.2, 0.25) is 11.6 Å². The molecule has 2 amide bonds. The predicted octanol–water partition coefficient (Wildman–Crippen LogP) is 3.68. The molecule has 45 heavy (non-hydrogen) atoms. The second-order valence-corrected chi connectivity index (χ2v) is 11.8. The van der Waals surface area contributed by atoms with Crippen LogP contribution in [-0.2, 0) is 33.3 Å². The molecule has 1 saturated heterocycles. The molecule has 0 radical (unpaired) electrons. The third kappa shape index (κ3) is 9.12. The Bertz CT molecular complexity index is 1310. The van der Waals surface area contributed by atoms with Crippen LogP contribution in [0.3, 0.4) is 0 Å². The van der Waals surface area contributed by atoms with Crippen molar-refractivity contribution < 1.29 is 38.1 Å². The number of nitrogens with one attached hydrogen (secondary N) is 1. The van der Waals surface area contributed by atoms with E-state index < -0.39 is 36.4 Å². The van der Waals surface area contributed by atoms with E-state index in [-0.39, 0.29) is 41.3 Å². The summed E-state index contributed by atoms with van der Waals surface area (Å²) in [4.78, 5) is 54.1. The van der Waals surface area contributed by atoms with Crippen LogP contribution in [0.15, 0.2) is 71.1 Å². The maximum Gasteiger partial charge on any atom is 0.405 e. The summed E-state index contributed by atoms with van der Waals surface area (Å²) >= 11 is 0. The number of Topliss-reactive ketones (excluding diaryl/α,β-unsaturated/α-hetero) is 1. The Morgan fingerprint density at radius 1 is 1.16 bits per heavy atom. The molecule has 1 fully saturated rings. The Labute approximate surface area is 265 Å². The van der Waals surface area contributed by atoms with Gasteiger partial charge >= 0.3 is 6.09 Å². The monoisotopic (exact) mass is 625 g/mol. The highest BCUT2D eigenvalue weighted by Gasteiger charge is 2.36. The lowest BCUT2D eigenvalue weighted by atomic mass is 9.84. The van der Waals surface area contributed by atoms with Gasteiger partial charge in [0.1, 0.15) is 6.10 Å². The Balaban J connectivity index is 2.12. The molecule has 2 heterocycles. The molecule has 0 spiro atoms. The normalized spacial score (nSPS) is 31.9. The summed E-state index contributed by atoms with van der Waals surface area (Å²) in [6, 6.07) is 0. The summed E-state index contributed by atoms with van der Waals surface area (Å²) in [5.74, 6) is -1.53. The molecule has 0 saturated carbocycles. The Hall–Kier alpha value is -3.80. The van der Waals surface area contributed by atoms with E-state index in [1.165, 1.54) is 13.2 Å². The molecule has 6 atom stereocenters. The smallest absolute Gasteiger partial charge is 0.405 e. The van der Waals surface area contributed by atoms with Gasteiger partial charge in [0.15, 0.2) is 6.10 Å². The third-order valence-corrected chi connectivity index (χ3v) is 8.31. The van der Waals surface area contributed by atoms with Crippen molar-refractivity contribution >= 4 is 23.6 Å². The quantitative estimate of drug-likeness (QED) is 0.320. The highest BCUT2D eigenvalue weighted by Crippen LogP contribution is 2.32. The average Bonchev–Trinajstić information content (AvgIpc) is 2.96. The van der Waals surface area contributed by atoms with Gasteiger partial charge in [0, 0.05) is 50.4 Å². The van der Waals surface area contributed by atoms with Gasteiger partial charge in [-0.2, -0.15) is 0 Å². The van der Waals surface area contributed by atoms with Gasteiger partial charge < -0.3 is 34.9 Å². The van der Waals surface area contributed by atoms with Crippen LogP contribution in [0.2, 0.25) is 0 Å². The van der Waals surface area contributed by atoms with Crippen molar-refractivity contribution in [2.75, 3.05) is 33.9 Å². The second kappa shape index (κ2) is 16.5. The van der Waals surface area contributed by atoms with Crippen molar-refractivity contribution in [1.82, 2.24) is 10.2 Å². The lowest BCUT2D eigenvalue weighted by Gasteiger charge is -2.37. The van der Waals surface area contributed by atoms with E-state index in [2.05, 4.69) is 11.9 Å². The molecule has 3 N–H and O–H groups in total. The first-order valence-electron chi connectivity index (χ1n) is 15.3. The number of nitrogens with two attached hydrogens (primary N) is 1. The number of amides is 2. The molecule has 1 aliphatic carbocycles. The first kappa shape index (κ1) is 35.7. The molecule has 2 aliphatic heterocycles. The lowest BCUT2D eigenvalue weighted by molar-refractivity contribution is -0.120. The van der Waals surface area contributed by atoms with Crippen molar-refractivity contribution in [3.63, 3.8) is 0 Å². The minimum atomic E-state index is -0.964. The molecule has 11 nitrogen and oxygen atoms in total. The minimum Gasteiger partial charge on any atom is -0.439 e. The molecule has 246 valence electrons. The number of methoxy groups -OCH3 is 2. The van der Waals surface area contributed by atoms with Crippen LogP contribution >= 0.6 is 0 Å².